The van der Waals surface area contributed by atoms with Crippen LogP contribution in [-0.2, 0) is 11.3 Å². The van der Waals surface area contributed by atoms with E-state index in [4.69, 9.17) is 9.26 Å². The Hall–Kier alpha value is -2.61. The minimum atomic E-state index is -0.585. The predicted molar refractivity (Wildman–Crippen MR) is 73.5 cm³/mol. The molecule has 0 bridgehead atoms. The molecule has 0 spiro atoms. The highest BCUT2D eigenvalue weighted by molar-refractivity contribution is 7.13. The zero-order valence-corrected chi connectivity index (χ0v) is 11.8. The van der Waals surface area contributed by atoms with E-state index in [1.54, 1.807) is 6.92 Å². The maximum atomic E-state index is 11.8. The van der Waals surface area contributed by atoms with E-state index < -0.39 is 5.97 Å². The molecular weight excluding hydrogens is 292 g/mol. The van der Waals surface area contributed by atoms with Crippen LogP contribution in [0.3, 0.4) is 0 Å². The lowest BCUT2D eigenvalue weighted by Gasteiger charge is -2.00. The number of rotatable bonds is 4. The van der Waals surface area contributed by atoms with E-state index in [1.807, 2.05) is 17.5 Å². The normalized spacial score (nSPS) is 10.5. The van der Waals surface area contributed by atoms with Crippen molar-refractivity contribution in [1.29, 1.82) is 0 Å². The van der Waals surface area contributed by atoms with Gasteiger partial charge in [0.05, 0.1) is 16.8 Å². The third kappa shape index (κ3) is 3.11. The van der Waals surface area contributed by atoms with Crippen LogP contribution in [0, 0.1) is 6.92 Å². The Morgan fingerprint density at radius 1 is 1.38 bits per heavy atom. The van der Waals surface area contributed by atoms with Gasteiger partial charge in [-0.1, -0.05) is 11.2 Å². The summed E-state index contributed by atoms with van der Waals surface area (Å²) < 4.78 is 10.1. The lowest BCUT2D eigenvalue weighted by molar-refractivity contribution is 0.0422. The summed E-state index contributed by atoms with van der Waals surface area (Å²) in [6, 6.07) is 3.78. The van der Waals surface area contributed by atoms with Crippen LogP contribution in [0.5, 0.6) is 0 Å². The van der Waals surface area contributed by atoms with Gasteiger partial charge in [0.2, 0.25) is 5.82 Å². The van der Waals surface area contributed by atoms with Gasteiger partial charge in [-0.3, -0.25) is 4.98 Å². The van der Waals surface area contributed by atoms with Crippen LogP contribution in [-0.4, -0.2) is 26.1 Å². The van der Waals surface area contributed by atoms with Crippen LogP contribution < -0.4 is 0 Å². The summed E-state index contributed by atoms with van der Waals surface area (Å²) in [4.78, 5) is 24.7. The molecule has 3 aromatic rings. The third-order valence-electron chi connectivity index (χ3n) is 2.53. The lowest BCUT2D eigenvalue weighted by atomic mass is 10.4. The van der Waals surface area contributed by atoms with Gasteiger partial charge >= 0.3 is 5.97 Å². The van der Waals surface area contributed by atoms with Gasteiger partial charge in [0.15, 0.2) is 12.3 Å². The highest BCUT2D eigenvalue weighted by Gasteiger charge is 2.13. The van der Waals surface area contributed by atoms with Gasteiger partial charge in [-0.2, -0.15) is 4.98 Å². The van der Waals surface area contributed by atoms with Gasteiger partial charge in [0.1, 0.15) is 0 Å². The summed E-state index contributed by atoms with van der Waals surface area (Å²) >= 11 is 1.50. The van der Waals surface area contributed by atoms with Crippen LogP contribution >= 0.6 is 11.3 Å². The summed E-state index contributed by atoms with van der Waals surface area (Å²) in [6.45, 7) is 1.68. The maximum Gasteiger partial charge on any atom is 0.359 e. The first-order valence-electron chi connectivity index (χ1n) is 6.04. The molecule has 0 unspecified atom stereocenters. The van der Waals surface area contributed by atoms with Crippen LogP contribution in [0.25, 0.3) is 10.7 Å². The second-order valence-corrected chi connectivity index (χ2v) is 5.06. The first-order chi connectivity index (χ1) is 10.2. The average Bonchev–Trinajstić information content (AvgIpc) is 3.16. The number of aryl methyl sites for hydroxylation is 1. The molecule has 0 saturated carbocycles. The third-order valence-corrected chi connectivity index (χ3v) is 3.39. The molecule has 21 heavy (non-hydrogen) atoms. The average molecular weight is 302 g/mol. The van der Waals surface area contributed by atoms with Gasteiger partial charge in [-0.05, 0) is 18.4 Å². The number of ether oxygens (including phenoxy) is 1. The number of esters is 1. The molecule has 0 N–H and O–H groups in total. The number of carbonyl (C=O) groups is 1. The van der Waals surface area contributed by atoms with Crippen molar-refractivity contribution in [2.45, 2.75) is 13.5 Å². The standard InChI is InChI=1S/C13H10N4O3S/c1-8-5-15-9(6-14-8)13(18)19-7-11-16-12(17-20-11)10-3-2-4-21-10/h2-6H,7H2,1H3. The largest absolute Gasteiger partial charge is 0.451 e. The van der Waals surface area contributed by atoms with Crippen LogP contribution in [0.2, 0.25) is 0 Å². The molecular formula is C13H10N4O3S. The number of nitrogens with zero attached hydrogens (tertiary/aromatic N) is 4. The molecule has 0 amide bonds. The van der Waals surface area contributed by atoms with Crippen LogP contribution in [0.15, 0.2) is 34.4 Å². The molecule has 3 rings (SSSR count). The van der Waals surface area contributed by atoms with Crippen molar-refractivity contribution in [3.8, 4) is 10.7 Å². The number of hydrogen-bond donors (Lipinski definition) is 0. The summed E-state index contributed by atoms with van der Waals surface area (Å²) in [5.74, 6) is 0.122. The summed E-state index contributed by atoms with van der Waals surface area (Å²) in [7, 11) is 0. The summed E-state index contributed by atoms with van der Waals surface area (Å²) in [5, 5.41) is 5.74. The Kier molecular flexibility index (Phi) is 3.69. The monoisotopic (exact) mass is 302 g/mol. The highest BCUT2D eigenvalue weighted by Crippen LogP contribution is 2.21. The van der Waals surface area contributed by atoms with E-state index in [9.17, 15) is 4.79 Å². The van der Waals surface area contributed by atoms with Gasteiger partial charge in [0, 0.05) is 6.20 Å². The quantitative estimate of drug-likeness (QED) is 0.682. The molecule has 8 heteroatoms. The Bertz CT molecular complexity index is 737. The molecule has 0 aliphatic carbocycles. The fourth-order valence-electron chi connectivity index (χ4n) is 1.52. The SMILES string of the molecule is Cc1cnc(C(=O)OCc2nc(-c3cccs3)no2)cn1. The molecule has 0 aromatic carbocycles. The summed E-state index contributed by atoms with van der Waals surface area (Å²) in [6.07, 6.45) is 2.86. The van der Waals surface area contributed by atoms with E-state index >= 15 is 0 Å². The van der Waals surface area contributed by atoms with E-state index in [1.165, 1.54) is 23.7 Å². The number of carbonyl (C=O) groups excluding carboxylic acids is 1. The van der Waals surface area contributed by atoms with Crippen molar-refractivity contribution >= 4 is 17.3 Å². The number of aromatic nitrogens is 4. The smallest absolute Gasteiger partial charge is 0.359 e. The molecule has 0 aliphatic rings. The molecule has 0 atom stereocenters. The second kappa shape index (κ2) is 5.80. The van der Waals surface area contributed by atoms with Gasteiger partial charge in [0.25, 0.3) is 5.89 Å². The molecule has 7 nitrogen and oxygen atoms in total. The van der Waals surface area contributed by atoms with E-state index in [0.717, 1.165) is 10.6 Å². The first kappa shape index (κ1) is 13.4. The van der Waals surface area contributed by atoms with E-state index in [-0.39, 0.29) is 18.2 Å². The van der Waals surface area contributed by atoms with Crippen molar-refractivity contribution < 1.29 is 14.1 Å². The van der Waals surface area contributed by atoms with Gasteiger partial charge < -0.3 is 9.26 Å². The lowest BCUT2D eigenvalue weighted by Crippen LogP contribution is -2.08. The van der Waals surface area contributed by atoms with Crippen molar-refractivity contribution in [1.82, 2.24) is 20.1 Å². The Balaban J connectivity index is 1.62. The molecule has 0 aliphatic heterocycles. The molecule has 0 fully saturated rings. The molecule has 3 heterocycles. The minimum absolute atomic E-state index is 0.104. The maximum absolute atomic E-state index is 11.8. The Morgan fingerprint density at radius 3 is 3.00 bits per heavy atom. The van der Waals surface area contributed by atoms with Crippen LogP contribution in [0.4, 0.5) is 0 Å². The fraction of sp³-hybridized carbons (Fsp3) is 0.154. The predicted octanol–water partition coefficient (Wildman–Crippen LogP) is 2.25. The zero-order chi connectivity index (χ0) is 14.7. The Morgan fingerprint density at radius 2 is 2.29 bits per heavy atom. The zero-order valence-electron chi connectivity index (χ0n) is 11.0. The van der Waals surface area contributed by atoms with Crippen molar-refractivity contribution in [3.63, 3.8) is 0 Å². The second-order valence-electron chi connectivity index (χ2n) is 4.11. The van der Waals surface area contributed by atoms with Crippen LogP contribution in [0.1, 0.15) is 22.1 Å². The Labute approximate surface area is 123 Å². The van der Waals surface area contributed by atoms with Crippen molar-refractivity contribution in [2.24, 2.45) is 0 Å². The number of thiophene rings is 1. The number of hydrogen-bond acceptors (Lipinski definition) is 8. The van der Waals surface area contributed by atoms with Crippen molar-refractivity contribution in [2.75, 3.05) is 0 Å². The molecule has 3 aromatic heterocycles. The summed E-state index contributed by atoms with van der Waals surface area (Å²) in [5.41, 5.74) is 0.864. The van der Waals surface area contributed by atoms with Gasteiger partial charge in [-0.25, -0.2) is 9.78 Å². The van der Waals surface area contributed by atoms with E-state index in [0.29, 0.717) is 5.82 Å². The highest BCUT2D eigenvalue weighted by atomic mass is 32.1. The van der Waals surface area contributed by atoms with Crippen molar-refractivity contribution in [3.05, 3.63) is 47.2 Å². The first-order valence-corrected chi connectivity index (χ1v) is 6.92. The van der Waals surface area contributed by atoms with E-state index in [2.05, 4.69) is 20.1 Å². The molecule has 0 radical (unpaired) electrons. The molecule has 106 valence electrons. The fourth-order valence-corrected chi connectivity index (χ4v) is 2.17. The van der Waals surface area contributed by atoms with Gasteiger partial charge in [-0.15, -0.1) is 11.3 Å². The molecule has 0 saturated heterocycles. The topological polar surface area (TPSA) is 91.0 Å². The minimum Gasteiger partial charge on any atom is -0.451 e.